The number of fused-ring (bicyclic) bond motifs is 1. The van der Waals surface area contributed by atoms with Gasteiger partial charge < -0.3 is 4.90 Å². The second-order valence-electron chi connectivity index (χ2n) is 5.05. The fourth-order valence-electron chi connectivity index (χ4n) is 2.58. The van der Waals surface area contributed by atoms with Crippen molar-refractivity contribution in [2.45, 2.75) is 5.38 Å². The molecule has 1 atom stereocenters. The summed E-state index contributed by atoms with van der Waals surface area (Å²) in [6.45, 7) is 1.45. The molecule has 0 saturated heterocycles. The van der Waals surface area contributed by atoms with Crippen molar-refractivity contribution < 1.29 is 0 Å². The number of anilines is 1. The molecule has 102 valence electrons. The van der Waals surface area contributed by atoms with E-state index in [-0.39, 0.29) is 5.38 Å². The third-order valence-corrected chi connectivity index (χ3v) is 3.81. The van der Waals surface area contributed by atoms with Gasteiger partial charge >= 0.3 is 0 Å². The number of para-hydroxylation sites is 1. The molecule has 20 heavy (non-hydrogen) atoms. The Kier molecular flexibility index (Phi) is 3.75. The number of benzene rings is 2. The van der Waals surface area contributed by atoms with Gasteiger partial charge in [0.25, 0.3) is 0 Å². The van der Waals surface area contributed by atoms with Crippen molar-refractivity contribution in [2.75, 3.05) is 25.0 Å². The van der Waals surface area contributed by atoms with Crippen molar-refractivity contribution in [2.24, 2.45) is 4.99 Å². The van der Waals surface area contributed by atoms with Gasteiger partial charge in [-0.25, -0.2) is 0 Å². The van der Waals surface area contributed by atoms with Gasteiger partial charge in [-0.1, -0.05) is 48.5 Å². The van der Waals surface area contributed by atoms with E-state index in [9.17, 15) is 0 Å². The normalized spacial score (nSPS) is 18.8. The first-order valence-corrected chi connectivity index (χ1v) is 7.24. The highest BCUT2D eigenvalue weighted by Gasteiger charge is 2.19. The van der Waals surface area contributed by atoms with Gasteiger partial charge in [-0.2, -0.15) is 0 Å². The molecule has 0 aliphatic carbocycles. The number of nitrogens with zero attached hydrogens (tertiary/aromatic N) is 2. The van der Waals surface area contributed by atoms with Crippen molar-refractivity contribution in [3.05, 3.63) is 65.7 Å². The molecule has 0 N–H and O–H groups in total. The highest BCUT2D eigenvalue weighted by Crippen LogP contribution is 2.25. The second-order valence-corrected chi connectivity index (χ2v) is 5.67. The van der Waals surface area contributed by atoms with Crippen LogP contribution in [0.15, 0.2) is 59.6 Å². The van der Waals surface area contributed by atoms with Crippen LogP contribution in [0.25, 0.3) is 0 Å². The first-order valence-electron chi connectivity index (χ1n) is 6.80. The minimum Gasteiger partial charge on any atom is -0.372 e. The maximum atomic E-state index is 6.36. The lowest BCUT2D eigenvalue weighted by atomic mass is 9.99. The Bertz CT molecular complexity index is 622. The molecule has 2 aromatic carbocycles. The molecule has 2 aromatic rings. The molecule has 2 nitrogen and oxygen atoms in total. The highest BCUT2D eigenvalue weighted by molar-refractivity contribution is 6.22. The van der Waals surface area contributed by atoms with Crippen LogP contribution in [-0.4, -0.2) is 31.2 Å². The molecular weight excluding hydrogens is 268 g/mol. The molecule has 1 heterocycles. The largest absolute Gasteiger partial charge is 0.372 e. The summed E-state index contributed by atoms with van der Waals surface area (Å²) in [7, 11) is 2.09. The summed E-state index contributed by atoms with van der Waals surface area (Å²) in [6, 6.07) is 18.7. The Morgan fingerprint density at radius 2 is 1.75 bits per heavy atom. The van der Waals surface area contributed by atoms with Gasteiger partial charge in [0.05, 0.1) is 17.6 Å². The predicted octanol–water partition coefficient (Wildman–Crippen LogP) is 3.58. The monoisotopic (exact) mass is 284 g/mol. The minimum absolute atomic E-state index is 0.0343. The fourth-order valence-corrected chi connectivity index (χ4v) is 2.85. The highest BCUT2D eigenvalue weighted by atomic mass is 35.5. The topological polar surface area (TPSA) is 15.6 Å². The summed E-state index contributed by atoms with van der Waals surface area (Å²) in [4.78, 5) is 6.98. The number of hydrogen-bond acceptors (Lipinski definition) is 2. The van der Waals surface area contributed by atoms with E-state index in [2.05, 4.69) is 48.3 Å². The van der Waals surface area contributed by atoms with Crippen LogP contribution in [0.1, 0.15) is 11.1 Å². The van der Waals surface area contributed by atoms with E-state index in [0.29, 0.717) is 6.54 Å². The number of hydrogen-bond donors (Lipinski definition) is 0. The molecule has 0 amide bonds. The molecule has 0 aromatic heterocycles. The molecule has 1 aliphatic heterocycles. The SMILES string of the molecule is CN1CC(Cl)CN=C(c2ccccc2)c2ccccc21. The summed E-state index contributed by atoms with van der Waals surface area (Å²) in [5.41, 5.74) is 4.52. The van der Waals surface area contributed by atoms with Gasteiger partial charge in [-0.05, 0) is 6.07 Å². The van der Waals surface area contributed by atoms with E-state index in [4.69, 9.17) is 16.6 Å². The average molecular weight is 285 g/mol. The third-order valence-electron chi connectivity index (χ3n) is 3.54. The van der Waals surface area contributed by atoms with E-state index in [1.807, 2.05) is 18.2 Å². The van der Waals surface area contributed by atoms with Crippen molar-refractivity contribution in [1.29, 1.82) is 0 Å². The lowest BCUT2D eigenvalue weighted by Crippen LogP contribution is -2.31. The van der Waals surface area contributed by atoms with Crippen molar-refractivity contribution in [3.63, 3.8) is 0 Å². The molecule has 0 spiro atoms. The smallest absolute Gasteiger partial charge is 0.0740 e. The van der Waals surface area contributed by atoms with E-state index in [0.717, 1.165) is 17.8 Å². The standard InChI is InChI=1S/C17H17ClN2/c1-20-12-14(18)11-19-17(13-7-3-2-4-8-13)15-9-5-6-10-16(15)20/h2-10,14H,11-12H2,1H3. The predicted molar refractivity (Wildman–Crippen MR) is 86.3 cm³/mol. The Labute approximate surface area is 124 Å². The van der Waals surface area contributed by atoms with Crippen LogP contribution < -0.4 is 4.90 Å². The Balaban J connectivity index is 2.16. The van der Waals surface area contributed by atoms with Crippen LogP contribution in [0.2, 0.25) is 0 Å². The Morgan fingerprint density at radius 1 is 1.05 bits per heavy atom. The third kappa shape index (κ3) is 2.56. The average Bonchev–Trinajstić information content (AvgIpc) is 2.47. The van der Waals surface area contributed by atoms with Crippen molar-refractivity contribution >= 4 is 23.0 Å². The second kappa shape index (κ2) is 5.68. The Hall–Kier alpha value is -1.80. The Morgan fingerprint density at radius 3 is 2.55 bits per heavy atom. The summed E-state index contributed by atoms with van der Waals surface area (Å²) in [6.07, 6.45) is 0. The maximum absolute atomic E-state index is 6.36. The van der Waals surface area contributed by atoms with Crippen LogP contribution in [0.3, 0.4) is 0 Å². The zero-order valence-electron chi connectivity index (χ0n) is 11.5. The van der Waals surface area contributed by atoms with Gasteiger partial charge in [0.15, 0.2) is 0 Å². The summed E-state index contributed by atoms with van der Waals surface area (Å²) in [5.74, 6) is 0. The molecule has 3 rings (SSSR count). The molecule has 1 unspecified atom stereocenters. The van der Waals surface area contributed by atoms with Crippen LogP contribution >= 0.6 is 11.6 Å². The number of rotatable bonds is 1. The molecule has 1 aliphatic rings. The number of alkyl halides is 1. The summed E-state index contributed by atoms with van der Waals surface area (Å²) in [5, 5.41) is 0.0343. The van der Waals surface area contributed by atoms with Crippen LogP contribution in [0.4, 0.5) is 5.69 Å². The molecule has 0 fully saturated rings. The van der Waals surface area contributed by atoms with E-state index in [1.165, 1.54) is 11.3 Å². The van der Waals surface area contributed by atoms with Crippen LogP contribution in [-0.2, 0) is 0 Å². The minimum atomic E-state index is 0.0343. The summed E-state index contributed by atoms with van der Waals surface area (Å²) >= 11 is 6.36. The number of aliphatic imine (C=N–C) groups is 1. The number of halogens is 1. The van der Waals surface area contributed by atoms with E-state index >= 15 is 0 Å². The van der Waals surface area contributed by atoms with Gasteiger partial charge in [-0.3, -0.25) is 4.99 Å². The maximum Gasteiger partial charge on any atom is 0.0740 e. The van der Waals surface area contributed by atoms with Crippen molar-refractivity contribution in [3.8, 4) is 0 Å². The summed E-state index contributed by atoms with van der Waals surface area (Å²) < 4.78 is 0. The first-order chi connectivity index (χ1) is 9.75. The molecule has 3 heteroatoms. The van der Waals surface area contributed by atoms with E-state index < -0.39 is 0 Å². The molecule has 0 saturated carbocycles. The zero-order valence-corrected chi connectivity index (χ0v) is 12.2. The quantitative estimate of drug-likeness (QED) is 0.731. The first kappa shape index (κ1) is 13.2. The zero-order chi connectivity index (χ0) is 13.9. The molecule has 0 bridgehead atoms. The van der Waals surface area contributed by atoms with Crippen LogP contribution in [0.5, 0.6) is 0 Å². The molecule has 0 radical (unpaired) electrons. The molecular formula is C17H17ClN2. The van der Waals surface area contributed by atoms with Crippen molar-refractivity contribution in [1.82, 2.24) is 0 Å². The van der Waals surface area contributed by atoms with E-state index in [1.54, 1.807) is 0 Å². The van der Waals surface area contributed by atoms with Crippen LogP contribution in [0, 0.1) is 0 Å². The fraction of sp³-hybridized carbons (Fsp3) is 0.235. The van der Waals surface area contributed by atoms with Gasteiger partial charge in [-0.15, -0.1) is 11.6 Å². The van der Waals surface area contributed by atoms with Gasteiger partial charge in [0, 0.05) is 30.4 Å². The van der Waals surface area contributed by atoms with Gasteiger partial charge in [0.2, 0.25) is 0 Å². The van der Waals surface area contributed by atoms with Gasteiger partial charge in [0.1, 0.15) is 0 Å². The lowest BCUT2D eigenvalue weighted by molar-refractivity contribution is 0.798. The lowest BCUT2D eigenvalue weighted by Gasteiger charge is -2.27.